The maximum absolute atomic E-state index is 12.0. The molecule has 0 saturated carbocycles. The minimum atomic E-state index is -3.18. The van der Waals surface area contributed by atoms with E-state index in [2.05, 4.69) is 4.99 Å². The van der Waals surface area contributed by atoms with Crippen molar-refractivity contribution in [3.8, 4) is 0 Å². The van der Waals surface area contributed by atoms with E-state index in [1.165, 1.54) is 6.29 Å². The number of benzene rings is 1. The Morgan fingerprint density at radius 2 is 1.78 bits per heavy atom. The summed E-state index contributed by atoms with van der Waals surface area (Å²) >= 11 is 0. The van der Waals surface area contributed by atoms with Crippen molar-refractivity contribution < 1.29 is 32.5 Å². The molecule has 0 saturated heterocycles. The number of hydrogen-bond donors (Lipinski definition) is 0. The second-order valence-electron chi connectivity index (χ2n) is 3.18. The van der Waals surface area contributed by atoms with E-state index in [1.807, 2.05) is 30.3 Å². The summed E-state index contributed by atoms with van der Waals surface area (Å²) in [4.78, 5) is 3.99. The fraction of sp³-hybridized carbons (Fsp3) is 0.333. The minimum Gasteiger partial charge on any atom is -0.442 e. The first-order chi connectivity index (χ1) is 8.20. The summed E-state index contributed by atoms with van der Waals surface area (Å²) in [5.41, 5.74) is 0.934. The van der Waals surface area contributed by atoms with Crippen LogP contribution in [0.5, 0.6) is 0 Å². The van der Waals surface area contributed by atoms with Crippen LogP contribution in [0.2, 0.25) is 0 Å². The number of nitrogens with zero attached hydrogens (tertiary/aromatic N) is 1. The molecule has 0 aliphatic rings. The van der Waals surface area contributed by atoms with Crippen molar-refractivity contribution in [3.63, 3.8) is 0 Å². The molecule has 0 N–H and O–H groups in total. The summed E-state index contributed by atoms with van der Waals surface area (Å²) < 4.78 is 22.1. The Balaban J connectivity index is 0.00000289. The van der Waals surface area contributed by atoms with Gasteiger partial charge in [-0.2, -0.15) is 0 Å². The molecule has 4 nitrogen and oxygen atoms in total. The third-order valence-electron chi connectivity index (χ3n) is 1.85. The normalized spacial score (nSPS) is 11.2. The Morgan fingerprint density at radius 1 is 1.22 bits per heavy atom. The van der Waals surface area contributed by atoms with E-state index < -0.39 is 7.60 Å². The predicted octanol–water partition coefficient (Wildman–Crippen LogP) is 0.495. The van der Waals surface area contributed by atoms with Gasteiger partial charge < -0.3 is 14.0 Å². The molecule has 0 heterocycles. The summed E-state index contributed by atoms with van der Waals surface area (Å²) in [6.45, 7) is 4.18. The van der Waals surface area contributed by atoms with E-state index in [0.717, 1.165) is 5.56 Å². The monoisotopic (exact) mass is 261 g/mol. The molecule has 1 aromatic carbocycles. The van der Waals surface area contributed by atoms with Crippen LogP contribution in [0.15, 0.2) is 35.3 Å². The third-order valence-corrected chi connectivity index (χ3v) is 3.50. The first kappa shape index (κ1) is 17.5. The van der Waals surface area contributed by atoms with Crippen LogP contribution in [0.4, 0.5) is 0 Å². The van der Waals surface area contributed by atoms with Gasteiger partial charge in [0.2, 0.25) is 0 Å². The molecule has 0 atom stereocenters. The predicted molar refractivity (Wildman–Crippen MR) is 69.2 cm³/mol. The van der Waals surface area contributed by atoms with Gasteiger partial charge >= 0.3 is 18.9 Å². The molecule has 94 valence electrons. The van der Waals surface area contributed by atoms with Crippen molar-refractivity contribution in [1.82, 2.24) is 0 Å². The maximum atomic E-state index is 12.0. The standard InChI is InChI=1S/C12H17NO3P.Li/c1-3-15-17(14,16-4-2)11-13-10-12-8-6-5-7-9-12;/h5-11H,3-4H2,1-2H3;/q-1;+1/b13-10+;. The van der Waals surface area contributed by atoms with Gasteiger partial charge in [0, 0.05) is 0 Å². The zero-order valence-electron chi connectivity index (χ0n) is 11.1. The molecular weight excluding hydrogens is 244 g/mol. The average Bonchev–Trinajstić information content (AvgIpc) is 2.31. The zero-order valence-corrected chi connectivity index (χ0v) is 12.0. The van der Waals surface area contributed by atoms with Gasteiger partial charge in [-0.05, 0) is 20.1 Å². The zero-order chi connectivity index (χ0) is 12.6. The molecule has 1 aromatic rings. The van der Waals surface area contributed by atoms with Gasteiger partial charge in [-0.3, -0.25) is 4.57 Å². The summed E-state index contributed by atoms with van der Waals surface area (Å²) in [6.07, 6.45) is 2.86. The van der Waals surface area contributed by atoms with Crippen LogP contribution in [0.1, 0.15) is 19.4 Å². The molecule has 0 spiro atoms. The Bertz CT molecular complexity index is 388. The Labute approximate surface area is 121 Å². The van der Waals surface area contributed by atoms with Crippen LogP contribution in [0.3, 0.4) is 0 Å². The summed E-state index contributed by atoms with van der Waals surface area (Å²) in [5.74, 6) is 0. The number of aliphatic imine (C=N–C) groups is 1. The molecule has 18 heavy (non-hydrogen) atoms. The first-order valence-corrected chi connectivity index (χ1v) is 7.13. The van der Waals surface area contributed by atoms with Crippen molar-refractivity contribution in [2.45, 2.75) is 13.8 Å². The van der Waals surface area contributed by atoms with E-state index in [9.17, 15) is 4.57 Å². The number of hydrogen-bond acceptors (Lipinski definition) is 4. The molecule has 0 aromatic heterocycles. The third kappa shape index (κ3) is 6.44. The molecule has 0 aliphatic heterocycles. The van der Waals surface area contributed by atoms with Crippen molar-refractivity contribution in [2.24, 2.45) is 4.99 Å². The van der Waals surface area contributed by atoms with E-state index >= 15 is 0 Å². The summed E-state index contributed by atoms with van der Waals surface area (Å²) in [7, 11) is -3.18. The van der Waals surface area contributed by atoms with Crippen LogP contribution in [-0.4, -0.2) is 19.4 Å². The molecule has 6 heteroatoms. The largest absolute Gasteiger partial charge is 1.00 e. The minimum absolute atomic E-state index is 0. The number of rotatable bonds is 7. The van der Waals surface area contributed by atoms with Gasteiger partial charge in [-0.15, -0.1) is 6.21 Å². The quantitative estimate of drug-likeness (QED) is 0.311. The topological polar surface area (TPSA) is 47.9 Å². The van der Waals surface area contributed by atoms with Gasteiger partial charge in [-0.1, -0.05) is 35.9 Å². The van der Waals surface area contributed by atoms with E-state index in [4.69, 9.17) is 9.05 Å². The second kappa shape index (κ2) is 9.44. The van der Waals surface area contributed by atoms with Crippen LogP contribution >= 0.6 is 7.60 Å². The van der Waals surface area contributed by atoms with Crippen LogP contribution in [-0.2, 0) is 13.6 Å². The first-order valence-electron chi connectivity index (χ1n) is 5.51. The smallest absolute Gasteiger partial charge is 0.442 e. The fourth-order valence-corrected chi connectivity index (χ4v) is 2.36. The SMILES string of the molecule is CCOP(=O)([CH-]/N=C/c1ccccc1)OCC.[Li+]. The van der Waals surface area contributed by atoms with Crippen molar-refractivity contribution in [2.75, 3.05) is 13.2 Å². The van der Waals surface area contributed by atoms with Gasteiger partial charge in [-0.25, -0.2) is 0 Å². The van der Waals surface area contributed by atoms with E-state index in [0.29, 0.717) is 13.2 Å². The average molecular weight is 261 g/mol. The van der Waals surface area contributed by atoms with Crippen molar-refractivity contribution in [3.05, 3.63) is 42.2 Å². The molecule has 0 radical (unpaired) electrons. The maximum Gasteiger partial charge on any atom is 1.00 e. The fourth-order valence-electron chi connectivity index (χ4n) is 1.20. The van der Waals surface area contributed by atoms with Gasteiger partial charge in [0.05, 0.1) is 13.2 Å². The molecule has 0 amide bonds. The molecule has 0 fully saturated rings. The molecule has 0 aliphatic carbocycles. The summed E-state index contributed by atoms with van der Waals surface area (Å²) in [6, 6.07) is 9.55. The van der Waals surface area contributed by atoms with Crippen molar-refractivity contribution >= 4 is 13.8 Å². The Kier molecular flexibility index (Phi) is 9.18. The Hall–Kier alpha value is -0.493. The van der Waals surface area contributed by atoms with Crippen molar-refractivity contribution in [1.29, 1.82) is 0 Å². The molecule has 0 bridgehead atoms. The van der Waals surface area contributed by atoms with Crippen LogP contribution in [0.25, 0.3) is 0 Å². The molecule has 1 rings (SSSR count). The Morgan fingerprint density at radius 3 is 2.28 bits per heavy atom. The van der Waals surface area contributed by atoms with E-state index in [1.54, 1.807) is 20.1 Å². The van der Waals surface area contributed by atoms with Gasteiger partial charge in [0.15, 0.2) is 0 Å². The van der Waals surface area contributed by atoms with Crippen LogP contribution in [0, 0.1) is 6.29 Å². The van der Waals surface area contributed by atoms with Gasteiger partial charge in [0.1, 0.15) is 0 Å². The van der Waals surface area contributed by atoms with Gasteiger partial charge in [0.25, 0.3) is 7.60 Å². The molecule has 0 unspecified atom stereocenters. The van der Waals surface area contributed by atoms with Crippen LogP contribution < -0.4 is 18.9 Å². The summed E-state index contributed by atoms with van der Waals surface area (Å²) in [5, 5.41) is 0. The molecular formula is C12H17LiNO3P. The second-order valence-corrected chi connectivity index (χ2v) is 5.01. The van der Waals surface area contributed by atoms with E-state index in [-0.39, 0.29) is 18.9 Å².